The fraction of sp³-hybridized carbons (Fsp3) is 0.273. The summed E-state index contributed by atoms with van der Waals surface area (Å²) in [4.78, 5) is 20.1. The molecule has 0 bridgehead atoms. The van der Waals surface area contributed by atoms with Crippen molar-refractivity contribution in [3.63, 3.8) is 0 Å². The van der Waals surface area contributed by atoms with Gasteiger partial charge in [0.25, 0.3) is 0 Å². The van der Waals surface area contributed by atoms with Crippen molar-refractivity contribution in [3.05, 3.63) is 71.4 Å². The lowest BCUT2D eigenvalue weighted by atomic mass is 9.79. The maximum Gasteiger partial charge on any atom is 0.316 e. The van der Waals surface area contributed by atoms with E-state index in [1.165, 1.54) is 0 Å². The zero-order valence-corrected chi connectivity index (χ0v) is 15.4. The Hall–Kier alpha value is -3.02. The smallest absolute Gasteiger partial charge is 0.316 e. The minimum Gasteiger partial charge on any atom is -0.407 e. The zero-order chi connectivity index (χ0) is 19.7. The van der Waals surface area contributed by atoms with Crippen molar-refractivity contribution < 1.29 is 18.3 Å². The van der Waals surface area contributed by atoms with Gasteiger partial charge in [0.15, 0.2) is 0 Å². The third-order valence-corrected chi connectivity index (χ3v) is 5.11. The van der Waals surface area contributed by atoms with Crippen LogP contribution >= 0.6 is 0 Å². The van der Waals surface area contributed by atoms with Gasteiger partial charge in [-0.2, -0.15) is 0 Å². The number of hydrogen-bond donors (Lipinski definition) is 1. The molecule has 4 rings (SSSR count). The molecule has 0 aliphatic carbocycles. The highest BCUT2D eigenvalue weighted by molar-refractivity contribution is 5.80. The predicted octanol–water partition coefficient (Wildman–Crippen LogP) is 5.21. The first-order chi connectivity index (χ1) is 13.6. The summed E-state index contributed by atoms with van der Waals surface area (Å²) in [6.45, 7) is 2.07. The number of nitrogens with one attached hydrogen (secondary N) is 1. The van der Waals surface area contributed by atoms with Crippen LogP contribution < -0.4 is 4.74 Å². The SMILES string of the molecule is CCCCC1C(=O)Oc2[nH]c(-c3cc(F)ccc3F)nc2C1c1ccccc1. The second-order valence-corrected chi connectivity index (χ2v) is 6.98. The molecule has 0 saturated heterocycles. The molecule has 4 nitrogen and oxygen atoms in total. The molecule has 1 N–H and O–H groups in total. The predicted molar refractivity (Wildman–Crippen MR) is 101 cm³/mol. The average molecular weight is 382 g/mol. The molecule has 2 heterocycles. The van der Waals surface area contributed by atoms with Gasteiger partial charge in [0.1, 0.15) is 23.2 Å². The zero-order valence-electron chi connectivity index (χ0n) is 15.4. The molecule has 0 amide bonds. The van der Waals surface area contributed by atoms with E-state index in [0.717, 1.165) is 36.6 Å². The Kier molecular flexibility index (Phi) is 4.94. The standard InChI is InChI=1S/C22H20F2N2O2/c1-2-3-9-15-18(13-7-5-4-6-8-13)19-21(28-22(15)27)26-20(25-19)16-12-14(23)10-11-17(16)24/h4-8,10-12,15,18H,2-3,9H2,1H3,(H,25,26). The number of H-pyrrole nitrogens is 1. The number of halogens is 2. The molecule has 1 aliphatic rings. The Bertz CT molecular complexity index is 1000. The number of imidazole rings is 1. The van der Waals surface area contributed by atoms with Crippen LogP contribution in [0.1, 0.15) is 43.4 Å². The third kappa shape index (κ3) is 3.30. The van der Waals surface area contributed by atoms with Gasteiger partial charge in [-0.1, -0.05) is 50.1 Å². The lowest BCUT2D eigenvalue weighted by Gasteiger charge is -2.29. The number of hydrogen-bond acceptors (Lipinski definition) is 3. The van der Waals surface area contributed by atoms with E-state index in [2.05, 4.69) is 16.9 Å². The molecule has 0 radical (unpaired) electrons. The van der Waals surface area contributed by atoms with Crippen LogP contribution in [-0.2, 0) is 4.79 Å². The van der Waals surface area contributed by atoms with Crippen LogP contribution in [0.25, 0.3) is 11.4 Å². The van der Waals surface area contributed by atoms with Gasteiger partial charge in [0.05, 0.1) is 11.5 Å². The molecule has 1 aliphatic heterocycles. The van der Waals surface area contributed by atoms with Crippen molar-refractivity contribution >= 4 is 5.97 Å². The summed E-state index contributed by atoms with van der Waals surface area (Å²) >= 11 is 0. The fourth-order valence-corrected chi connectivity index (χ4v) is 3.73. The van der Waals surface area contributed by atoms with Gasteiger partial charge >= 0.3 is 5.97 Å². The van der Waals surface area contributed by atoms with Crippen LogP contribution in [0.5, 0.6) is 5.88 Å². The van der Waals surface area contributed by atoms with Crippen LogP contribution in [0, 0.1) is 17.6 Å². The van der Waals surface area contributed by atoms with E-state index < -0.39 is 11.6 Å². The van der Waals surface area contributed by atoms with E-state index in [9.17, 15) is 13.6 Å². The molecule has 1 aromatic heterocycles. The first-order valence-electron chi connectivity index (χ1n) is 9.40. The normalized spacial score (nSPS) is 18.6. The summed E-state index contributed by atoms with van der Waals surface area (Å²) in [6.07, 6.45) is 2.51. The molecule has 0 saturated carbocycles. The number of fused-ring (bicyclic) bond motifs is 1. The monoisotopic (exact) mass is 382 g/mol. The number of aromatic amines is 1. The topological polar surface area (TPSA) is 55.0 Å². The van der Waals surface area contributed by atoms with E-state index in [4.69, 9.17) is 4.74 Å². The van der Waals surface area contributed by atoms with Gasteiger partial charge in [-0.15, -0.1) is 0 Å². The van der Waals surface area contributed by atoms with Crippen molar-refractivity contribution in [2.75, 3.05) is 0 Å². The van der Waals surface area contributed by atoms with Crippen molar-refractivity contribution in [1.82, 2.24) is 9.97 Å². The Morgan fingerprint density at radius 3 is 2.68 bits per heavy atom. The van der Waals surface area contributed by atoms with Gasteiger partial charge in [-0.25, -0.2) is 13.8 Å². The summed E-state index contributed by atoms with van der Waals surface area (Å²) in [7, 11) is 0. The highest BCUT2D eigenvalue weighted by atomic mass is 19.1. The minimum atomic E-state index is -0.599. The van der Waals surface area contributed by atoms with E-state index >= 15 is 0 Å². The largest absolute Gasteiger partial charge is 0.407 e. The van der Waals surface area contributed by atoms with Crippen LogP contribution in [0.3, 0.4) is 0 Å². The van der Waals surface area contributed by atoms with E-state index in [-0.39, 0.29) is 35.1 Å². The Morgan fingerprint density at radius 1 is 1.14 bits per heavy atom. The summed E-state index contributed by atoms with van der Waals surface area (Å²) in [5, 5.41) is 0. The highest BCUT2D eigenvalue weighted by Gasteiger charge is 2.41. The molecule has 144 valence electrons. The second-order valence-electron chi connectivity index (χ2n) is 6.98. The molecule has 2 atom stereocenters. The van der Waals surface area contributed by atoms with Crippen molar-refractivity contribution in [3.8, 4) is 17.3 Å². The summed E-state index contributed by atoms with van der Waals surface area (Å²) in [5.41, 5.74) is 1.49. The molecule has 2 unspecified atom stereocenters. The van der Waals surface area contributed by atoms with Crippen molar-refractivity contribution in [2.24, 2.45) is 5.92 Å². The third-order valence-electron chi connectivity index (χ3n) is 5.11. The highest BCUT2D eigenvalue weighted by Crippen LogP contribution is 2.43. The molecular weight excluding hydrogens is 362 g/mol. The second kappa shape index (κ2) is 7.54. The van der Waals surface area contributed by atoms with Crippen LogP contribution in [-0.4, -0.2) is 15.9 Å². The van der Waals surface area contributed by atoms with E-state index in [1.54, 1.807) is 0 Å². The number of benzene rings is 2. The minimum absolute atomic E-state index is 0.00219. The molecule has 3 aromatic rings. The number of unbranched alkanes of at least 4 members (excludes halogenated alkanes) is 1. The summed E-state index contributed by atoms with van der Waals surface area (Å²) < 4.78 is 33.3. The van der Waals surface area contributed by atoms with Crippen LogP contribution in [0.15, 0.2) is 48.5 Å². The van der Waals surface area contributed by atoms with E-state index in [1.807, 2.05) is 30.3 Å². The number of rotatable bonds is 5. The van der Waals surface area contributed by atoms with Gasteiger partial charge in [0.2, 0.25) is 5.88 Å². The molecule has 28 heavy (non-hydrogen) atoms. The van der Waals surface area contributed by atoms with Gasteiger partial charge in [0, 0.05) is 5.92 Å². The first-order valence-corrected chi connectivity index (χ1v) is 9.40. The number of nitrogens with zero attached hydrogens (tertiary/aromatic N) is 1. The van der Waals surface area contributed by atoms with Crippen LogP contribution in [0.4, 0.5) is 8.78 Å². The fourth-order valence-electron chi connectivity index (χ4n) is 3.73. The van der Waals surface area contributed by atoms with Crippen LogP contribution in [0.2, 0.25) is 0 Å². The van der Waals surface area contributed by atoms with Crippen molar-refractivity contribution in [2.45, 2.75) is 32.1 Å². The first kappa shape index (κ1) is 18.3. The number of ether oxygens (including phenoxy) is 1. The Balaban J connectivity index is 1.83. The molecule has 0 fully saturated rings. The lowest BCUT2D eigenvalue weighted by Crippen LogP contribution is -2.32. The maximum atomic E-state index is 14.2. The summed E-state index contributed by atoms with van der Waals surface area (Å²) in [5.74, 6) is -1.82. The molecule has 0 spiro atoms. The van der Waals surface area contributed by atoms with Gasteiger partial charge in [-0.05, 0) is 30.2 Å². The van der Waals surface area contributed by atoms with Gasteiger partial charge in [-0.3, -0.25) is 4.79 Å². The summed E-state index contributed by atoms with van der Waals surface area (Å²) in [6, 6.07) is 12.8. The molecular formula is C22H20F2N2O2. The lowest BCUT2D eigenvalue weighted by molar-refractivity contribution is -0.141. The quantitative estimate of drug-likeness (QED) is 0.616. The molecule has 2 aromatic carbocycles. The maximum absolute atomic E-state index is 14.2. The number of aromatic nitrogens is 2. The number of esters is 1. The average Bonchev–Trinajstić information content (AvgIpc) is 3.11. The Labute approximate surface area is 161 Å². The molecule has 6 heteroatoms. The van der Waals surface area contributed by atoms with Gasteiger partial charge < -0.3 is 9.72 Å². The number of carbonyl (C=O) groups excluding carboxylic acids is 1. The number of carbonyl (C=O) groups is 1. The van der Waals surface area contributed by atoms with E-state index in [0.29, 0.717) is 12.1 Å². The van der Waals surface area contributed by atoms with Crippen molar-refractivity contribution in [1.29, 1.82) is 0 Å². The Morgan fingerprint density at radius 2 is 1.93 bits per heavy atom.